The van der Waals surface area contributed by atoms with Gasteiger partial charge in [0.05, 0.1) is 0 Å². The summed E-state index contributed by atoms with van der Waals surface area (Å²) in [4.78, 5) is 4.29. The van der Waals surface area contributed by atoms with E-state index >= 15 is 0 Å². The van der Waals surface area contributed by atoms with Gasteiger partial charge in [0, 0.05) is 11.3 Å². The van der Waals surface area contributed by atoms with E-state index in [9.17, 15) is 0 Å². The number of rotatable bonds is 3. The van der Waals surface area contributed by atoms with Gasteiger partial charge < -0.3 is 5.73 Å². The van der Waals surface area contributed by atoms with Crippen LogP contribution in [-0.2, 0) is 6.42 Å². The summed E-state index contributed by atoms with van der Waals surface area (Å²) in [5, 5.41) is 0. The number of nitrogens with two attached hydrogens (primary N) is 1. The molecule has 0 bridgehead atoms. The molecule has 0 amide bonds. The molecule has 2 aromatic rings. The fourth-order valence-corrected chi connectivity index (χ4v) is 2.03. The van der Waals surface area contributed by atoms with E-state index in [2.05, 4.69) is 36.2 Å². The van der Waals surface area contributed by atoms with E-state index in [0.717, 1.165) is 17.7 Å². The molecule has 1 aromatic heterocycles. The van der Waals surface area contributed by atoms with E-state index in [1.165, 1.54) is 17.5 Å². The highest BCUT2D eigenvalue weighted by atomic mass is 14.8. The maximum atomic E-state index is 5.66. The lowest BCUT2D eigenvalue weighted by Crippen LogP contribution is -1.94. The van der Waals surface area contributed by atoms with Crippen molar-refractivity contribution in [3.05, 3.63) is 47.7 Å². The van der Waals surface area contributed by atoms with Crippen molar-refractivity contribution < 1.29 is 0 Å². The molecule has 0 aliphatic rings. The van der Waals surface area contributed by atoms with Crippen LogP contribution in [0.3, 0.4) is 0 Å². The summed E-state index contributed by atoms with van der Waals surface area (Å²) in [7, 11) is 0. The van der Waals surface area contributed by atoms with Crippen LogP contribution in [0.25, 0.3) is 11.1 Å². The first-order valence-corrected chi connectivity index (χ1v) is 6.03. The number of anilines is 1. The molecule has 0 aliphatic heterocycles. The van der Waals surface area contributed by atoms with Gasteiger partial charge in [-0.3, -0.25) is 0 Å². The molecule has 1 heterocycles. The Labute approximate surface area is 103 Å². The number of aromatic nitrogens is 1. The van der Waals surface area contributed by atoms with E-state index in [1.54, 1.807) is 0 Å². The maximum absolute atomic E-state index is 5.66. The van der Waals surface area contributed by atoms with Gasteiger partial charge in [0.15, 0.2) is 0 Å². The molecule has 2 heteroatoms. The number of hydrogen-bond acceptors (Lipinski definition) is 2. The Balaban J connectivity index is 2.33. The highest BCUT2D eigenvalue weighted by molar-refractivity contribution is 5.67. The molecule has 0 aliphatic carbocycles. The largest absolute Gasteiger partial charge is 0.384 e. The van der Waals surface area contributed by atoms with Gasteiger partial charge in [-0.05, 0) is 36.6 Å². The second-order valence-electron chi connectivity index (χ2n) is 4.32. The third kappa shape index (κ3) is 2.64. The monoisotopic (exact) mass is 226 g/mol. The molecule has 17 heavy (non-hydrogen) atoms. The molecule has 0 fully saturated rings. The second-order valence-corrected chi connectivity index (χ2v) is 4.32. The summed E-state index contributed by atoms with van der Waals surface area (Å²) < 4.78 is 0. The van der Waals surface area contributed by atoms with Crippen LogP contribution in [0, 0.1) is 6.92 Å². The van der Waals surface area contributed by atoms with Crippen LogP contribution in [0.2, 0.25) is 0 Å². The van der Waals surface area contributed by atoms with Crippen molar-refractivity contribution in [1.29, 1.82) is 0 Å². The summed E-state index contributed by atoms with van der Waals surface area (Å²) in [5.41, 5.74) is 10.4. The minimum atomic E-state index is 0.578. The van der Waals surface area contributed by atoms with Crippen LogP contribution >= 0.6 is 0 Å². The lowest BCUT2D eigenvalue weighted by molar-refractivity contribution is 0.922. The van der Waals surface area contributed by atoms with Crippen LogP contribution in [-0.4, -0.2) is 4.98 Å². The molecule has 0 saturated heterocycles. The molecule has 2 rings (SSSR count). The van der Waals surface area contributed by atoms with Gasteiger partial charge in [-0.25, -0.2) is 4.98 Å². The maximum Gasteiger partial charge on any atom is 0.123 e. The molecule has 0 atom stereocenters. The standard InChI is InChI=1S/C15H18N2/c1-3-4-12-5-7-13(8-6-12)14-9-10-15(16)17-11(14)2/h5-10H,3-4H2,1-2H3,(H2,16,17). The normalized spacial score (nSPS) is 10.5. The summed E-state index contributed by atoms with van der Waals surface area (Å²) in [5.74, 6) is 0.578. The zero-order chi connectivity index (χ0) is 12.3. The van der Waals surface area contributed by atoms with Gasteiger partial charge in [-0.1, -0.05) is 37.6 Å². The van der Waals surface area contributed by atoms with Gasteiger partial charge in [0.25, 0.3) is 0 Å². The molecular weight excluding hydrogens is 208 g/mol. The van der Waals surface area contributed by atoms with Gasteiger partial charge in [0.1, 0.15) is 5.82 Å². The Kier molecular flexibility index (Phi) is 3.43. The molecule has 0 unspecified atom stereocenters. The minimum absolute atomic E-state index is 0.578. The van der Waals surface area contributed by atoms with Crippen LogP contribution < -0.4 is 5.73 Å². The SMILES string of the molecule is CCCc1ccc(-c2ccc(N)nc2C)cc1. The highest BCUT2D eigenvalue weighted by Gasteiger charge is 2.03. The van der Waals surface area contributed by atoms with Gasteiger partial charge in [-0.15, -0.1) is 0 Å². The predicted octanol–water partition coefficient (Wildman–Crippen LogP) is 3.59. The average molecular weight is 226 g/mol. The zero-order valence-electron chi connectivity index (χ0n) is 10.4. The number of hydrogen-bond donors (Lipinski definition) is 1. The number of pyridine rings is 1. The van der Waals surface area contributed by atoms with Crippen LogP contribution in [0.15, 0.2) is 36.4 Å². The number of benzene rings is 1. The molecule has 2 N–H and O–H groups in total. The van der Waals surface area contributed by atoms with E-state index in [-0.39, 0.29) is 0 Å². The third-order valence-corrected chi connectivity index (χ3v) is 2.91. The average Bonchev–Trinajstić information content (AvgIpc) is 2.31. The zero-order valence-corrected chi connectivity index (χ0v) is 10.4. The molecule has 88 valence electrons. The quantitative estimate of drug-likeness (QED) is 0.868. The number of aryl methyl sites for hydroxylation is 2. The topological polar surface area (TPSA) is 38.9 Å². The summed E-state index contributed by atoms with van der Waals surface area (Å²) >= 11 is 0. The smallest absolute Gasteiger partial charge is 0.123 e. The van der Waals surface area contributed by atoms with Crippen LogP contribution in [0.4, 0.5) is 5.82 Å². The van der Waals surface area contributed by atoms with Crippen molar-refractivity contribution in [1.82, 2.24) is 4.98 Å². The van der Waals surface area contributed by atoms with Gasteiger partial charge in [-0.2, -0.15) is 0 Å². The van der Waals surface area contributed by atoms with Gasteiger partial charge >= 0.3 is 0 Å². The summed E-state index contributed by atoms with van der Waals surface area (Å²) in [6, 6.07) is 12.6. The highest BCUT2D eigenvalue weighted by Crippen LogP contribution is 2.23. The summed E-state index contributed by atoms with van der Waals surface area (Å²) in [6.45, 7) is 4.19. The summed E-state index contributed by atoms with van der Waals surface area (Å²) in [6.07, 6.45) is 2.32. The van der Waals surface area contributed by atoms with Crippen molar-refractivity contribution in [3.63, 3.8) is 0 Å². The fraction of sp³-hybridized carbons (Fsp3) is 0.267. The molecule has 2 nitrogen and oxygen atoms in total. The Morgan fingerprint density at radius 1 is 1.06 bits per heavy atom. The second kappa shape index (κ2) is 5.00. The van der Waals surface area contributed by atoms with Crippen molar-refractivity contribution >= 4 is 5.82 Å². The Morgan fingerprint density at radius 2 is 1.76 bits per heavy atom. The molecule has 0 spiro atoms. The molecular formula is C15H18N2. The van der Waals surface area contributed by atoms with E-state index in [4.69, 9.17) is 5.73 Å². The van der Waals surface area contributed by atoms with Crippen LogP contribution in [0.1, 0.15) is 24.6 Å². The van der Waals surface area contributed by atoms with Crippen molar-refractivity contribution in [2.24, 2.45) is 0 Å². The Morgan fingerprint density at radius 3 is 2.35 bits per heavy atom. The number of nitrogens with zero attached hydrogens (tertiary/aromatic N) is 1. The lowest BCUT2D eigenvalue weighted by Gasteiger charge is -2.07. The molecule has 1 aromatic carbocycles. The van der Waals surface area contributed by atoms with Crippen molar-refractivity contribution in [2.75, 3.05) is 5.73 Å². The third-order valence-electron chi connectivity index (χ3n) is 2.91. The fourth-order valence-electron chi connectivity index (χ4n) is 2.03. The van der Waals surface area contributed by atoms with E-state index in [1.807, 2.05) is 19.1 Å². The number of nitrogen functional groups attached to an aromatic ring is 1. The first-order chi connectivity index (χ1) is 8.20. The van der Waals surface area contributed by atoms with Crippen LogP contribution in [0.5, 0.6) is 0 Å². The molecule has 0 radical (unpaired) electrons. The Bertz CT molecular complexity index is 501. The van der Waals surface area contributed by atoms with E-state index < -0.39 is 0 Å². The lowest BCUT2D eigenvalue weighted by atomic mass is 10.0. The van der Waals surface area contributed by atoms with Crippen molar-refractivity contribution in [2.45, 2.75) is 26.7 Å². The predicted molar refractivity (Wildman–Crippen MR) is 72.8 cm³/mol. The first kappa shape index (κ1) is 11.6. The van der Waals surface area contributed by atoms with Gasteiger partial charge in [0.2, 0.25) is 0 Å². The Hall–Kier alpha value is -1.83. The van der Waals surface area contributed by atoms with E-state index in [0.29, 0.717) is 5.82 Å². The molecule has 0 saturated carbocycles. The first-order valence-electron chi connectivity index (χ1n) is 6.03. The minimum Gasteiger partial charge on any atom is -0.384 e. The van der Waals surface area contributed by atoms with Crippen molar-refractivity contribution in [3.8, 4) is 11.1 Å².